The number of nitrogens with zero attached hydrogens (tertiary/aromatic N) is 2. The van der Waals surface area contributed by atoms with E-state index in [2.05, 4.69) is 130 Å². The summed E-state index contributed by atoms with van der Waals surface area (Å²) in [5, 5.41) is 9.40. The molecule has 54 heavy (non-hydrogen) atoms. The van der Waals surface area contributed by atoms with Crippen molar-refractivity contribution in [2.24, 2.45) is 0 Å². The van der Waals surface area contributed by atoms with E-state index < -0.39 is 14.3 Å². The molecule has 0 fully saturated rings. The summed E-state index contributed by atoms with van der Waals surface area (Å²) in [4.78, 5) is 0. The van der Waals surface area contributed by atoms with Gasteiger partial charge in [0.2, 0.25) is 0 Å². The highest BCUT2D eigenvalue weighted by atomic mass is 31.2. The van der Waals surface area contributed by atoms with Crippen LogP contribution in [0.3, 0.4) is 0 Å². The lowest BCUT2D eigenvalue weighted by Gasteiger charge is -2.22. The quantitative estimate of drug-likeness (QED) is 0.170. The number of hydrogen-bond acceptors (Lipinski definition) is 2. The molecule has 4 heterocycles. The Morgan fingerprint density at radius 1 is 0.315 bits per heavy atom. The normalized spacial score (nSPS) is 14.7. The third-order valence-corrected chi connectivity index (χ3v) is 17.9. The second-order valence-electron chi connectivity index (χ2n) is 14.3. The molecule has 10 aromatic rings. The fourth-order valence-electron chi connectivity index (χ4n) is 9.49. The first kappa shape index (κ1) is 30.3. The average Bonchev–Trinajstić information content (AvgIpc) is 3.92. The van der Waals surface area contributed by atoms with E-state index in [1.807, 2.05) is 60.7 Å². The van der Waals surface area contributed by atoms with Gasteiger partial charge in [0.25, 0.3) is 0 Å². The Hall–Kier alpha value is -6.18. The molecule has 6 heteroatoms. The van der Waals surface area contributed by atoms with Gasteiger partial charge in [-0.2, -0.15) is 0 Å². The zero-order valence-electron chi connectivity index (χ0n) is 28.9. The van der Waals surface area contributed by atoms with Gasteiger partial charge in [-0.15, -0.1) is 0 Å². The van der Waals surface area contributed by atoms with Gasteiger partial charge in [-0.3, -0.25) is 0 Å². The monoisotopic (exact) mass is 728 g/mol. The first-order chi connectivity index (χ1) is 26.6. The Kier molecular flexibility index (Phi) is 6.01. The van der Waals surface area contributed by atoms with Crippen LogP contribution in [0.1, 0.15) is 0 Å². The summed E-state index contributed by atoms with van der Waals surface area (Å²) in [5.74, 6) is 0. The van der Waals surface area contributed by atoms with Crippen molar-refractivity contribution in [2.45, 2.75) is 0 Å². The average molecular weight is 729 g/mol. The standard InChI is InChI=1S/C48H30N2O2P2/c51-53(33-15-9-13-31(29-33)49-39-21-5-1-17-35(39)36-18-2-6-22-40(36)49)43-25-11-27-45-47(43)48-44(53)26-12-28-46(48)54(45,52)34-16-10-14-32(30-34)50-41-23-7-3-19-37(41)38-20-4-8-24-42(38)50/h1-30H. The van der Waals surface area contributed by atoms with Crippen molar-refractivity contribution in [1.29, 1.82) is 0 Å². The lowest BCUT2D eigenvalue weighted by atomic mass is 10.1. The molecular formula is C48H30N2O2P2. The second-order valence-corrected chi connectivity index (χ2v) is 19.7. The van der Waals surface area contributed by atoms with Gasteiger partial charge in [-0.1, -0.05) is 133 Å². The topological polar surface area (TPSA) is 44.0 Å². The summed E-state index contributed by atoms with van der Waals surface area (Å²) in [5.41, 5.74) is 8.14. The van der Waals surface area contributed by atoms with Crippen molar-refractivity contribution in [2.75, 3.05) is 0 Å². The van der Waals surface area contributed by atoms with Crippen LogP contribution < -0.4 is 31.8 Å². The molecule has 0 N–H and O–H groups in total. The molecule has 0 amide bonds. The highest BCUT2D eigenvalue weighted by Crippen LogP contribution is 2.60. The minimum absolute atomic E-state index is 0.776. The van der Waals surface area contributed by atoms with Crippen LogP contribution in [0.2, 0.25) is 0 Å². The van der Waals surface area contributed by atoms with Crippen LogP contribution in [0.25, 0.3) is 66.1 Å². The van der Waals surface area contributed by atoms with Crippen molar-refractivity contribution in [3.63, 3.8) is 0 Å². The van der Waals surface area contributed by atoms with Gasteiger partial charge in [0, 0.05) is 75.9 Å². The summed E-state index contributed by atoms with van der Waals surface area (Å²) in [6, 6.07) is 62.2. The van der Waals surface area contributed by atoms with Gasteiger partial charge in [-0.05, 0) is 48.5 Å². The third kappa shape index (κ3) is 3.70. The van der Waals surface area contributed by atoms with Gasteiger partial charge in [-0.25, -0.2) is 0 Å². The molecule has 0 unspecified atom stereocenters. The van der Waals surface area contributed by atoms with Crippen LogP contribution in [0.5, 0.6) is 0 Å². The van der Waals surface area contributed by atoms with Crippen molar-refractivity contribution >= 4 is 89.7 Å². The maximum Gasteiger partial charge on any atom is 0.172 e. The lowest BCUT2D eigenvalue weighted by Crippen LogP contribution is -2.28. The largest absolute Gasteiger partial charge is 0.309 e. The molecule has 8 aromatic carbocycles. The van der Waals surface area contributed by atoms with Crippen LogP contribution >= 0.6 is 14.3 Å². The molecule has 0 atom stereocenters. The summed E-state index contributed by atoms with van der Waals surface area (Å²) < 4.78 is 36.5. The highest BCUT2D eigenvalue weighted by Gasteiger charge is 2.51. The molecule has 12 rings (SSSR count). The molecule has 254 valence electrons. The van der Waals surface area contributed by atoms with E-state index in [4.69, 9.17) is 0 Å². The molecule has 0 spiro atoms. The number of fused-ring (bicyclic) bond motifs is 6. The SMILES string of the molecule is O=P1(c2cccc(-n3c4ccccc4c4ccccc43)c2)c2cccc3c2-c2c1cccc2P3(=O)c1cccc(-n2c3ccccc3c3ccccc32)c1. The fraction of sp³-hybridized carbons (Fsp3) is 0. The van der Waals surface area contributed by atoms with Gasteiger partial charge in [0.15, 0.2) is 14.3 Å². The minimum atomic E-state index is -3.33. The van der Waals surface area contributed by atoms with Gasteiger partial charge in [0.05, 0.1) is 22.1 Å². The molecule has 0 bridgehead atoms. The highest BCUT2D eigenvalue weighted by molar-refractivity contribution is 7.89. The molecule has 0 saturated carbocycles. The molecule has 2 aliphatic heterocycles. The molecule has 0 saturated heterocycles. The van der Waals surface area contributed by atoms with E-state index in [0.717, 1.165) is 76.4 Å². The molecular weight excluding hydrogens is 698 g/mol. The van der Waals surface area contributed by atoms with Gasteiger partial charge in [0.1, 0.15) is 0 Å². The van der Waals surface area contributed by atoms with Crippen molar-refractivity contribution in [3.8, 4) is 22.5 Å². The van der Waals surface area contributed by atoms with Crippen molar-refractivity contribution in [1.82, 2.24) is 9.13 Å². The van der Waals surface area contributed by atoms with E-state index in [0.29, 0.717) is 0 Å². The first-order valence-electron chi connectivity index (χ1n) is 18.2. The summed E-state index contributed by atoms with van der Waals surface area (Å²) in [6.07, 6.45) is 0. The predicted molar refractivity (Wildman–Crippen MR) is 226 cm³/mol. The van der Waals surface area contributed by atoms with Gasteiger partial charge < -0.3 is 18.3 Å². The molecule has 4 nitrogen and oxygen atoms in total. The maximum atomic E-state index is 16.0. The van der Waals surface area contributed by atoms with Crippen LogP contribution in [-0.4, -0.2) is 9.13 Å². The van der Waals surface area contributed by atoms with Crippen LogP contribution in [0, 0.1) is 0 Å². The predicted octanol–water partition coefficient (Wildman–Crippen LogP) is 9.45. The molecule has 2 aromatic heterocycles. The third-order valence-electron chi connectivity index (χ3n) is 11.7. The number of para-hydroxylation sites is 4. The first-order valence-corrected chi connectivity index (χ1v) is 21.7. The summed E-state index contributed by atoms with van der Waals surface area (Å²) >= 11 is 0. The van der Waals surface area contributed by atoms with Crippen molar-refractivity contribution in [3.05, 3.63) is 182 Å². The Bertz CT molecular complexity index is 2990. The minimum Gasteiger partial charge on any atom is -0.309 e. The van der Waals surface area contributed by atoms with E-state index in [-0.39, 0.29) is 0 Å². The molecule has 2 aliphatic rings. The smallest absolute Gasteiger partial charge is 0.172 e. The van der Waals surface area contributed by atoms with Crippen molar-refractivity contribution < 1.29 is 9.13 Å². The Morgan fingerprint density at radius 2 is 0.611 bits per heavy atom. The Labute approximate surface area is 311 Å². The van der Waals surface area contributed by atoms with Crippen LogP contribution in [0.4, 0.5) is 0 Å². The fourth-order valence-corrected chi connectivity index (χ4v) is 15.9. The second kappa shape index (κ2) is 10.7. The lowest BCUT2D eigenvalue weighted by molar-refractivity contribution is 0.592. The van der Waals surface area contributed by atoms with E-state index >= 15 is 9.13 Å². The Balaban J connectivity index is 1.05. The summed E-state index contributed by atoms with van der Waals surface area (Å²) in [7, 11) is -6.66. The number of hydrogen-bond donors (Lipinski definition) is 0. The molecule has 0 aliphatic carbocycles. The summed E-state index contributed by atoms with van der Waals surface area (Å²) in [6.45, 7) is 0. The van der Waals surface area contributed by atoms with E-state index in [1.54, 1.807) is 0 Å². The Morgan fingerprint density at radius 3 is 0.944 bits per heavy atom. The zero-order valence-corrected chi connectivity index (χ0v) is 30.7. The number of aromatic nitrogens is 2. The maximum absolute atomic E-state index is 16.0. The zero-order chi connectivity index (χ0) is 35.8. The van der Waals surface area contributed by atoms with Crippen LogP contribution in [-0.2, 0) is 9.13 Å². The van der Waals surface area contributed by atoms with Gasteiger partial charge >= 0.3 is 0 Å². The number of benzene rings is 8. The number of rotatable bonds is 4. The van der Waals surface area contributed by atoms with Crippen LogP contribution in [0.15, 0.2) is 182 Å². The molecule has 0 radical (unpaired) electrons. The van der Waals surface area contributed by atoms with E-state index in [1.165, 1.54) is 21.5 Å². The van der Waals surface area contributed by atoms with E-state index in [9.17, 15) is 0 Å².